The molecule has 0 unspecified atom stereocenters. The number of nitrogens with one attached hydrogen (secondary N) is 2. The minimum atomic E-state index is 0.411. The van der Waals surface area contributed by atoms with Gasteiger partial charge in [-0.2, -0.15) is 5.26 Å². The summed E-state index contributed by atoms with van der Waals surface area (Å²) >= 11 is 11.6. The second-order valence-corrected chi connectivity index (χ2v) is 5.36. The molecule has 2 N–H and O–H groups in total. The average Bonchev–Trinajstić information content (AvgIpc) is 2.51. The van der Waals surface area contributed by atoms with E-state index in [2.05, 4.69) is 16.8 Å². The number of anilines is 1. The molecular weight excluding hydrogens is 308 g/mol. The van der Waals surface area contributed by atoms with Gasteiger partial charge in [-0.3, -0.25) is 5.01 Å². The molecule has 0 saturated carbocycles. The van der Waals surface area contributed by atoms with E-state index in [4.69, 9.17) is 33.8 Å². The van der Waals surface area contributed by atoms with Gasteiger partial charge in [-0.15, -0.1) is 0 Å². The van der Waals surface area contributed by atoms with E-state index < -0.39 is 0 Å². The number of hydrogen-bond acceptors (Lipinski definition) is 4. The molecule has 1 aliphatic heterocycles. The van der Waals surface area contributed by atoms with Crippen LogP contribution in [0.4, 0.5) is 5.69 Å². The van der Waals surface area contributed by atoms with Crippen LogP contribution in [0.1, 0.15) is 25.3 Å². The van der Waals surface area contributed by atoms with E-state index in [1.54, 1.807) is 12.1 Å². The van der Waals surface area contributed by atoms with Crippen LogP contribution in [0.15, 0.2) is 12.1 Å². The molecule has 21 heavy (non-hydrogen) atoms. The number of thiocarbonyl (C=S) groups is 1. The molecule has 1 fully saturated rings. The summed E-state index contributed by atoms with van der Waals surface area (Å²) in [6.45, 7) is 4.12. The molecule has 0 aromatic heterocycles. The highest BCUT2D eigenvalue weighted by Gasteiger charge is 2.15. The molecular formula is C14H17ClN4OS. The van der Waals surface area contributed by atoms with Crippen molar-refractivity contribution in [2.45, 2.75) is 19.8 Å². The zero-order valence-corrected chi connectivity index (χ0v) is 13.4. The van der Waals surface area contributed by atoms with Crippen molar-refractivity contribution < 1.29 is 4.74 Å². The Balaban J connectivity index is 2.17. The SMILES string of the molecule is CCOc1cc(NC(=S)N2CCCCN2)c(Cl)cc1C#N. The van der Waals surface area contributed by atoms with E-state index in [1.165, 1.54) is 0 Å². The Labute approximate surface area is 134 Å². The maximum absolute atomic E-state index is 9.09. The van der Waals surface area contributed by atoms with Gasteiger partial charge in [-0.05, 0) is 38.0 Å². The fraction of sp³-hybridized carbons (Fsp3) is 0.429. The van der Waals surface area contributed by atoms with Gasteiger partial charge < -0.3 is 10.1 Å². The summed E-state index contributed by atoms with van der Waals surface area (Å²) in [7, 11) is 0. The lowest BCUT2D eigenvalue weighted by molar-refractivity contribution is 0.261. The molecule has 2 rings (SSSR count). The third-order valence-electron chi connectivity index (χ3n) is 3.09. The first-order valence-electron chi connectivity index (χ1n) is 6.84. The van der Waals surface area contributed by atoms with Crippen LogP contribution in [-0.2, 0) is 0 Å². The highest BCUT2D eigenvalue weighted by atomic mass is 35.5. The number of nitrogens with zero attached hydrogens (tertiary/aromatic N) is 2. The Bertz CT molecular complexity index is 567. The van der Waals surface area contributed by atoms with Gasteiger partial charge in [-0.1, -0.05) is 11.6 Å². The van der Waals surface area contributed by atoms with Crippen molar-refractivity contribution in [3.8, 4) is 11.8 Å². The number of nitriles is 1. The highest BCUT2D eigenvalue weighted by Crippen LogP contribution is 2.31. The summed E-state index contributed by atoms with van der Waals surface area (Å²) in [5.41, 5.74) is 4.27. The van der Waals surface area contributed by atoms with Crippen molar-refractivity contribution in [2.75, 3.05) is 25.0 Å². The monoisotopic (exact) mass is 324 g/mol. The zero-order valence-electron chi connectivity index (χ0n) is 11.8. The van der Waals surface area contributed by atoms with Crippen molar-refractivity contribution >= 4 is 34.6 Å². The van der Waals surface area contributed by atoms with E-state index >= 15 is 0 Å². The summed E-state index contributed by atoms with van der Waals surface area (Å²) in [5, 5.41) is 15.1. The summed E-state index contributed by atoms with van der Waals surface area (Å²) in [6, 6.07) is 5.37. The van der Waals surface area contributed by atoms with Crippen molar-refractivity contribution in [3.63, 3.8) is 0 Å². The second-order valence-electron chi connectivity index (χ2n) is 4.57. The third-order valence-corrected chi connectivity index (χ3v) is 3.72. The maximum Gasteiger partial charge on any atom is 0.188 e. The third kappa shape index (κ3) is 3.97. The molecule has 112 valence electrons. The molecule has 0 bridgehead atoms. The molecule has 5 nitrogen and oxygen atoms in total. The first-order chi connectivity index (χ1) is 10.2. The van der Waals surface area contributed by atoms with Gasteiger partial charge in [0, 0.05) is 19.2 Å². The first kappa shape index (κ1) is 15.8. The van der Waals surface area contributed by atoms with Gasteiger partial charge in [-0.25, -0.2) is 5.43 Å². The fourth-order valence-electron chi connectivity index (χ4n) is 2.06. The van der Waals surface area contributed by atoms with Crippen molar-refractivity contribution in [2.24, 2.45) is 0 Å². The highest BCUT2D eigenvalue weighted by molar-refractivity contribution is 7.80. The number of rotatable bonds is 3. The minimum absolute atomic E-state index is 0.411. The molecule has 1 heterocycles. The van der Waals surface area contributed by atoms with E-state index in [0.29, 0.717) is 33.7 Å². The zero-order chi connectivity index (χ0) is 15.2. The average molecular weight is 325 g/mol. The van der Waals surface area contributed by atoms with Crippen molar-refractivity contribution in [3.05, 3.63) is 22.7 Å². The van der Waals surface area contributed by atoms with E-state index in [-0.39, 0.29) is 0 Å². The van der Waals surface area contributed by atoms with Crippen molar-refractivity contribution in [1.29, 1.82) is 5.26 Å². The molecule has 1 aliphatic rings. The van der Waals surface area contributed by atoms with Gasteiger partial charge in [0.05, 0.1) is 22.9 Å². The number of hydrazine groups is 1. The quantitative estimate of drug-likeness (QED) is 0.834. The lowest BCUT2D eigenvalue weighted by Crippen LogP contribution is -2.48. The smallest absolute Gasteiger partial charge is 0.188 e. The number of halogens is 1. The predicted molar refractivity (Wildman–Crippen MR) is 87.5 cm³/mol. The van der Waals surface area contributed by atoms with Crippen LogP contribution in [0.25, 0.3) is 0 Å². The number of ether oxygens (including phenoxy) is 1. The van der Waals surface area contributed by atoms with Gasteiger partial charge in [0.15, 0.2) is 5.11 Å². The maximum atomic E-state index is 9.09. The molecule has 1 aromatic rings. The number of hydrogen-bond donors (Lipinski definition) is 2. The van der Waals surface area contributed by atoms with Gasteiger partial charge in [0.25, 0.3) is 0 Å². The van der Waals surface area contributed by atoms with Crippen LogP contribution in [0.2, 0.25) is 5.02 Å². The number of benzene rings is 1. The van der Waals surface area contributed by atoms with E-state index in [0.717, 1.165) is 25.9 Å². The Morgan fingerprint density at radius 2 is 2.38 bits per heavy atom. The summed E-state index contributed by atoms with van der Waals surface area (Å²) in [5.74, 6) is 0.501. The van der Waals surface area contributed by atoms with Crippen LogP contribution < -0.4 is 15.5 Å². The van der Waals surface area contributed by atoms with Crippen LogP contribution in [0.3, 0.4) is 0 Å². The molecule has 0 radical (unpaired) electrons. The molecule has 0 aliphatic carbocycles. The van der Waals surface area contributed by atoms with Gasteiger partial charge in [0.2, 0.25) is 0 Å². The molecule has 1 aromatic carbocycles. The molecule has 0 spiro atoms. The second kappa shape index (κ2) is 7.46. The Morgan fingerprint density at radius 3 is 3.00 bits per heavy atom. The fourth-order valence-corrected chi connectivity index (χ4v) is 2.53. The lowest BCUT2D eigenvalue weighted by atomic mass is 10.2. The predicted octanol–water partition coefficient (Wildman–Crippen LogP) is 2.91. The molecule has 0 amide bonds. The van der Waals surface area contributed by atoms with Gasteiger partial charge >= 0.3 is 0 Å². The Kier molecular flexibility index (Phi) is 5.62. The molecule has 1 saturated heterocycles. The van der Waals surface area contributed by atoms with Crippen LogP contribution in [-0.4, -0.2) is 29.8 Å². The molecule has 7 heteroatoms. The normalized spacial score (nSPS) is 14.4. The van der Waals surface area contributed by atoms with Crippen LogP contribution in [0.5, 0.6) is 5.75 Å². The summed E-state index contributed by atoms with van der Waals surface area (Å²) in [4.78, 5) is 0. The first-order valence-corrected chi connectivity index (χ1v) is 7.62. The molecule has 0 atom stereocenters. The van der Waals surface area contributed by atoms with Crippen LogP contribution >= 0.6 is 23.8 Å². The summed E-state index contributed by atoms with van der Waals surface area (Å²) in [6.07, 6.45) is 2.24. The van der Waals surface area contributed by atoms with Crippen molar-refractivity contribution in [1.82, 2.24) is 10.4 Å². The largest absolute Gasteiger partial charge is 0.492 e. The lowest BCUT2D eigenvalue weighted by Gasteiger charge is -2.30. The Hall–Kier alpha value is -1.55. The standard InChI is InChI=1S/C14H17ClN4OS/c1-2-20-13-8-12(11(15)7-10(13)9-16)18-14(21)19-6-4-3-5-17-19/h7-8,17H,2-6H2,1H3,(H,18,21). The Morgan fingerprint density at radius 1 is 1.57 bits per heavy atom. The van der Waals surface area contributed by atoms with Gasteiger partial charge in [0.1, 0.15) is 11.8 Å². The topological polar surface area (TPSA) is 60.3 Å². The van der Waals surface area contributed by atoms with E-state index in [9.17, 15) is 0 Å². The van der Waals surface area contributed by atoms with Crippen LogP contribution in [0, 0.1) is 11.3 Å². The minimum Gasteiger partial charge on any atom is -0.492 e. The van der Waals surface area contributed by atoms with E-state index in [1.807, 2.05) is 11.9 Å². The summed E-state index contributed by atoms with van der Waals surface area (Å²) < 4.78 is 5.46.